The lowest BCUT2D eigenvalue weighted by Gasteiger charge is -2.19. The smallest absolute Gasteiger partial charge is 0.309 e. The van der Waals surface area contributed by atoms with Crippen molar-refractivity contribution in [3.63, 3.8) is 0 Å². The van der Waals surface area contributed by atoms with Gasteiger partial charge in [-0.15, -0.1) is 0 Å². The van der Waals surface area contributed by atoms with Crippen LogP contribution in [0.15, 0.2) is 12.5 Å². The Balaban J connectivity index is 2.29. The first-order chi connectivity index (χ1) is 7.61. The predicted octanol–water partition coefficient (Wildman–Crippen LogP) is 1.63. The summed E-state index contributed by atoms with van der Waals surface area (Å²) >= 11 is 0. The molecule has 16 heavy (non-hydrogen) atoms. The average molecular weight is 224 g/mol. The van der Waals surface area contributed by atoms with E-state index in [9.17, 15) is 4.79 Å². The van der Waals surface area contributed by atoms with Gasteiger partial charge in [0.2, 0.25) is 0 Å². The first-order valence-corrected chi connectivity index (χ1v) is 5.47. The molecule has 2 unspecified atom stereocenters. The molecule has 0 amide bonds. The van der Waals surface area contributed by atoms with Gasteiger partial charge in [0.15, 0.2) is 0 Å². The number of hydrogen-bond acceptors (Lipinski definition) is 3. The van der Waals surface area contributed by atoms with E-state index >= 15 is 0 Å². The Morgan fingerprint density at radius 2 is 2.44 bits per heavy atom. The summed E-state index contributed by atoms with van der Waals surface area (Å²) in [5.41, 5.74) is 0.861. The molecule has 0 aliphatic carbocycles. The van der Waals surface area contributed by atoms with Gasteiger partial charge in [-0.05, 0) is 20.3 Å². The Labute approximate surface area is 94.1 Å². The molecular formula is C11H16N2O3. The molecule has 0 bridgehead atoms. The van der Waals surface area contributed by atoms with Gasteiger partial charge in [-0.25, -0.2) is 4.98 Å². The lowest BCUT2D eigenvalue weighted by atomic mass is 9.99. The number of rotatable bonds is 3. The minimum atomic E-state index is -0.793. The number of carboxylic acid groups (broad SMARTS) is 1. The Bertz CT molecular complexity index is 386. The zero-order chi connectivity index (χ0) is 11.7. The molecule has 2 atom stereocenters. The van der Waals surface area contributed by atoms with E-state index in [0.717, 1.165) is 5.69 Å². The van der Waals surface area contributed by atoms with Crippen LogP contribution in [0.2, 0.25) is 0 Å². The molecule has 0 radical (unpaired) electrons. The maximum Gasteiger partial charge on any atom is 0.309 e. The van der Waals surface area contributed by atoms with Gasteiger partial charge < -0.3 is 14.4 Å². The number of aromatic nitrogens is 2. The highest BCUT2D eigenvalue weighted by Gasteiger charge is 2.37. The zero-order valence-corrected chi connectivity index (χ0v) is 9.46. The van der Waals surface area contributed by atoms with Crippen LogP contribution in [-0.2, 0) is 9.53 Å². The third kappa shape index (κ3) is 1.82. The van der Waals surface area contributed by atoms with Crippen molar-refractivity contribution >= 4 is 5.97 Å². The Morgan fingerprint density at radius 3 is 3.06 bits per heavy atom. The van der Waals surface area contributed by atoms with Crippen LogP contribution in [-0.4, -0.2) is 27.2 Å². The topological polar surface area (TPSA) is 64.4 Å². The maximum absolute atomic E-state index is 11.1. The molecule has 1 aromatic heterocycles. The number of carboxylic acids is 1. The summed E-state index contributed by atoms with van der Waals surface area (Å²) < 4.78 is 7.48. The summed E-state index contributed by atoms with van der Waals surface area (Å²) in [5.74, 6) is -1.24. The van der Waals surface area contributed by atoms with Crippen LogP contribution in [0.25, 0.3) is 0 Å². The molecular weight excluding hydrogens is 208 g/mol. The fourth-order valence-corrected chi connectivity index (χ4v) is 2.10. The number of ether oxygens (including phenoxy) is 1. The second-order valence-electron chi connectivity index (χ2n) is 4.34. The van der Waals surface area contributed by atoms with E-state index in [0.29, 0.717) is 13.0 Å². The standard InChI is InChI=1S/C11H16N2O3/c1-7(2)13-6-12-5-9(13)10-8(11(14)15)3-4-16-10/h5-8,10H,3-4H2,1-2H3,(H,14,15). The molecule has 1 aromatic rings. The SMILES string of the molecule is CC(C)n1cncc1C1OCCC1C(=O)O. The molecule has 1 aliphatic heterocycles. The van der Waals surface area contributed by atoms with Crippen LogP contribution in [0, 0.1) is 5.92 Å². The van der Waals surface area contributed by atoms with Gasteiger partial charge in [0.1, 0.15) is 6.10 Å². The van der Waals surface area contributed by atoms with Gasteiger partial charge in [0.25, 0.3) is 0 Å². The first kappa shape index (κ1) is 11.1. The van der Waals surface area contributed by atoms with Crippen LogP contribution in [0.5, 0.6) is 0 Å². The molecule has 0 saturated carbocycles. The minimum Gasteiger partial charge on any atom is -0.481 e. The van der Waals surface area contributed by atoms with E-state index in [1.54, 1.807) is 12.5 Å². The van der Waals surface area contributed by atoms with Crippen LogP contribution in [0.4, 0.5) is 0 Å². The van der Waals surface area contributed by atoms with Gasteiger partial charge in [-0.1, -0.05) is 0 Å². The van der Waals surface area contributed by atoms with Crippen molar-refractivity contribution in [1.29, 1.82) is 0 Å². The summed E-state index contributed by atoms with van der Waals surface area (Å²) in [4.78, 5) is 15.2. The van der Waals surface area contributed by atoms with Crippen molar-refractivity contribution in [2.24, 2.45) is 5.92 Å². The second-order valence-corrected chi connectivity index (χ2v) is 4.34. The molecule has 5 heteroatoms. The lowest BCUT2D eigenvalue weighted by Crippen LogP contribution is -2.20. The van der Waals surface area contributed by atoms with Crippen molar-refractivity contribution in [2.45, 2.75) is 32.4 Å². The molecule has 1 N–H and O–H groups in total. The van der Waals surface area contributed by atoms with Crippen molar-refractivity contribution in [2.75, 3.05) is 6.61 Å². The molecule has 5 nitrogen and oxygen atoms in total. The summed E-state index contributed by atoms with van der Waals surface area (Å²) in [7, 11) is 0. The van der Waals surface area contributed by atoms with E-state index in [-0.39, 0.29) is 12.1 Å². The number of carbonyl (C=O) groups is 1. The van der Waals surface area contributed by atoms with Crippen molar-refractivity contribution in [3.8, 4) is 0 Å². The van der Waals surface area contributed by atoms with E-state index in [4.69, 9.17) is 9.84 Å². The van der Waals surface area contributed by atoms with Crippen molar-refractivity contribution in [3.05, 3.63) is 18.2 Å². The van der Waals surface area contributed by atoms with Crippen LogP contribution < -0.4 is 0 Å². The molecule has 88 valence electrons. The largest absolute Gasteiger partial charge is 0.481 e. The minimum absolute atomic E-state index is 0.260. The third-order valence-electron chi connectivity index (χ3n) is 2.95. The highest BCUT2D eigenvalue weighted by Crippen LogP contribution is 2.35. The second kappa shape index (κ2) is 4.25. The Morgan fingerprint density at radius 1 is 1.69 bits per heavy atom. The maximum atomic E-state index is 11.1. The van der Waals surface area contributed by atoms with E-state index in [1.165, 1.54) is 0 Å². The third-order valence-corrected chi connectivity index (χ3v) is 2.95. The van der Waals surface area contributed by atoms with Gasteiger partial charge in [-0.3, -0.25) is 4.79 Å². The Hall–Kier alpha value is -1.36. The van der Waals surface area contributed by atoms with Gasteiger partial charge in [-0.2, -0.15) is 0 Å². The summed E-state index contributed by atoms with van der Waals surface area (Å²) in [6.45, 7) is 4.58. The predicted molar refractivity (Wildman–Crippen MR) is 57.0 cm³/mol. The van der Waals surface area contributed by atoms with Crippen LogP contribution >= 0.6 is 0 Å². The summed E-state index contributed by atoms with van der Waals surface area (Å²) in [5, 5.41) is 9.10. The number of hydrogen-bond donors (Lipinski definition) is 1. The van der Waals surface area contributed by atoms with E-state index in [2.05, 4.69) is 4.98 Å². The average Bonchev–Trinajstić information content (AvgIpc) is 2.85. The van der Waals surface area contributed by atoms with Gasteiger partial charge in [0.05, 0.1) is 24.1 Å². The molecule has 1 aliphatic rings. The van der Waals surface area contributed by atoms with Gasteiger partial charge >= 0.3 is 5.97 Å². The summed E-state index contributed by atoms with van der Waals surface area (Å²) in [6.07, 6.45) is 3.64. The quantitative estimate of drug-likeness (QED) is 0.847. The fourth-order valence-electron chi connectivity index (χ4n) is 2.10. The van der Waals surface area contributed by atoms with Crippen molar-refractivity contribution in [1.82, 2.24) is 9.55 Å². The number of aliphatic carboxylic acids is 1. The van der Waals surface area contributed by atoms with E-state index in [1.807, 2.05) is 18.4 Å². The highest BCUT2D eigenvalue weighted by atomic mass is 16.5. The van der Waals surface area contributed by atoms with E-state index < -0.39 is 11.9 Å². The van der Waals surface area contributed by atoms with Gasteiger partial charge in [0, 0.05) is 12.6 Å². The molecule has 2 rings (SSSR count). The lowest BCUT2D eigenvalue weighted by molar-refractivity contribution is -0.143. The monoisotopic (exact) mass is 224 g/mol. The number of nitrogens with zero attached hydrogens (tertiary/aromatic N) is 2. The molecule has 0 aromatic carbocycles. The van der Waals surface area contributed by atoms with Crippen LogP contribution in [0.3, 0.4) is 0 Å². The van der Waals surface area contributed by atoms with Crippen molar-refractivity contribution < 1.29 is 14.6 Å². The number of imidazole rings is 1. The Kier molecular flexibility index (Phi) is 2.96. The normalized spacial score (nSPS) is 25.2. The molecule has 0 spiro atoms. The summed E-state index contributed by atoms with van der Waals surface area (Å²) in [6, 6.07) is 0.260. The molecule has 2 heterocycles. The highest BCUT2D eigenvalue weighted by molar-refractivity contribution is 5.71. The first-order valence-electron chi connectivity index (χ1n) is 5.47. The zero-order valence-electron chi connectivity index (χ0n) is 9.46. The fraction of sp³-hybridized carbons (Fsp3) is 0.636. The molecule has 1 saturated heterocycles. The molecule has 1 fully saturated rings. The van der Waals surface area contributed by atoms with Crippen LogP contribution in [0.1, 0.15) is 38.1 Å².